The number of benzene rings is 2. The van der Waals surface area contributed by atoms with Crippen molar-refractivity contribution >= 4 is 29.1 Å². The van der Waals surface area contributed by atoms with Gasteiger partial charge in [-0.1, -0.05) is 29.8 Å². The summed E-state index contributed by atoms with van der Waals surface area (Å²) in [6, 6.07) is 12.8. The third-order valence-corrected chi connectivity index (χ3v) is 4.29. The van der Waals surface area contributed by atoms with Crippen molar-refractivity contribution in [2.24, 2.45) is 0 Å². The zero-order chi connectivity index (χ0) is 18.5. The molecule has 2 aromatic carbocycles. The minimum Gasteiger partial charge on any atom is -0.365 e. The Labute approximate surface area is 155 Å². The molecule has 1 atom stereocenters. The number of halogens is 2. The minimum atomic E-state index is -0.337. The Kier molecular flexibility index (Phi) is 5.85. The molecule has 2 amide bonds. The van der Waals surface area contributed by atoms with Crippen molar-refractivity contribution in [2.75, 3.05) is 24.6 Å². The fourth-order valence-electron chi connectivity index (χ4n) is 2.72. The third kappa shape index (κ3) is 4.80. The number of carbonyl (C=O) groups excluding carboxylic acids is 2. The molecular formula is C19H18ClFN2O3. The highest BCUT2D eigenvalue weighted by atomic mass is 35.5. The summed E-state index contributed by atoms with van der Waals surface area (Å²) >= 11 is 5.99. The van der Waals surface area contributed by atoms with Gasteiger partial charge < -0.3 is 15.0 Å². The van der Waals surface area contributed by atoms with Crippen LogP contribution in [0.15, 0.2) is 48.5 Å². The molecule has 136 valence electrons. The van der Waals surface area contributed by atoms with Gasteiger partial charge in [0.1, 0.15) is 12.4 Å². The zero-order valence-corrected chi connectivity index (χ0v) is 14.7. The van der Waals surface area contributed by atoms with Crippen molar-refractivity contribution in [1.29, 1.82) is 0 Å². The average molecular weight is 377 g/mol. The summed E-state index contributed by atoms with van der Waals surface area (Å²) in [5.41, 5.74) is 1.43. The number of hydrogen-bond donors (Lipinski definition) is 1. The van der Waals surface area contributed by atoms with E-state index >= 15 is 0 Å². The highest BCUT2D eigenvalue weighted by Gasteiger charge is 2.27. The molecule has 5 nitrogen and oxygen atoms in total. The van der Waals surface area contributed by atoms with Crippen molar-refractivity contribution in [3.8, 4) is 0 Å². The number of rotatable bonds is 5. The predicted molar refractivity (Wildman–Crippen MR) is 96.7 cm³/mol. The SMILES string of the molecule is O=C(Cc1ccc(F)cc1)NCC1CN(c2cccc(Cl)c2)C(=O)CO1. The lowest BCUT2D eigenvalue weighted by molar-refractivity contribution is -0.129. The van der Waals surface area contributed by atoms with Gasteiger partial charge in [0.2, 0.25) is 5.91 Å². The van der Waals surface area contributed by atoms with Gasteiger partial charge in [-0.15, -0.1) is 0 Å². The quantitative estimate of drug-likeness (QED) is 0.872. The molecule has 3 rings (SSSR count). The van der Waals surface area contributed by atoms with Gasteiger partial charge in [-0.05, 0) is 35.9 Å². The maximum atomic E-state index is 12.9. The van der Waals surface area contributed by atoms with E-state index in [1.54, 1.807) is 41.3 Å². The van der Waals surface area contributed by atoms with E-state index < -0.39 is 0 Å². The Morgan fingerprint density at radius 3 is 2.77 bits per heavy atom. The van der Waals surface area contributed by atoms with Crippen LogP contribution >= 0.6 is 11.6 Å². The molecule has 1 N–H and O–H groups in total. The van der Waals surface area contributed by atoms with E-state index in [9.17, 15) is 14.0 Å². The Morgan fingerprint density at radius 1 is 1.27 bits per heavy atom. The van der Waals surface area contributed by atoms with Crippen LogP contribution in [0.2, 0.25) is 5.02 Å². The van der Waals surface area contributed by atoms with Crippen LogP contribution in [-0.2, 0) is 20.7 Å². The summed E-state index contributed by atoms with van der Waals surface area (Å²) in [5.74, 6) is -0.678. The highest BCUT2D eigenvalue weighted by molar-refractivity contribution is 6.30. The number of ether oxygens (including phenoxy) is 1. The van der Waals surface area contributed by atoms with Crippen LogP contribution in [0.4, 0.5) is 10.1 Å². The number of carbonyl (C=O) groups is 2. The monoisotopic (exact) mass is 376 g/mol. The van der Waals surface area contributed by atoms with E-state index in [2.05, 4.69) is 5.32 Å². The molecule has 0 spiro atoms. The van der Waals surface area contributed by atoms with Crippen LogP contribution in [0.1, 0.15) is 5.56 Å². The van der Waals surface area contributed by atoms with Gasteiger partial charge in [-0.2, -0.15) is 0 Å². The first-order chi connectivity index (χ1) is 12.5. The van der Waals surface area contributed by atoms with Gasteiger partial charge in [-0.25, -0.2) is 4.39 Å². The molecule has 2 aromatic rings. The first-order valence-electron chi connectivity index (χ1n) is 8.20. The van der Waals surface area contributed by atoms with Crippen molar-refractivity contribution in [3.05, 3.63) is 64.9 Å². The molecular weight excluding hydrogens is 359 g/mol. The Hall–Kier alpha value is -2.44. The topological polar surface area (TPSA) is 58.6 Å². The van der Waals surface area contributed by atoms with Gasteiger partial charge in [-0.3, -0.25) is 9.59 Å². The van der Waals surface area contributed by atoms with Crippen LogP contribution in [0.3, 0.4) is 0 Å². The summed E-state index contributed by atoms with van der Waals surface area (Å²) in [6.07, 6.45) is -0.159. The largest absolute Gasteiger partial charge is 0.365 e. The number of hydrogen-bond acceptors (Lipinski definition) is 3. The van der Waals surface area contributed by atoms with Crippen LogP contribution in [-0.4, -0.2) is 37.6 Å². The summed E-state index contributed by atoms with van der Waals surface area (Å²) in [4.78, 5) is 25.7. The number of nitrogens with one attached hydrogen (secondary N) is 1. The van der Waals surface area contributed by atoms with E-state index in [-0.39, 0.29) is 43.3 Å². The fraction of sp³-hybridized carbons (Fsp3) is 0.263. The molecule has 0 saturated carbocycles. The van der Waals surface area contributed by atoms with Gasteiger partial charge in [0.15, 0.2) is 0 Å². The van der Waals surface area contributed by atoms with Crippen molar-refractivity contribution in [2.45, 2.75) is 12.5 Å². The van der Waals surface area contributed by atoms with Crippen LogP contribution in [0, 0.1) is 5.82 Å². The lowest BCUT2D eigenvalue weighted by Gasteiger charge is -2.33. The van der Waals surface area contributed by atoms with E-state index in [0.717, 1.165) is 5.56 Å². The molecule has 1 fully saturated rings. The van der Waals surface area contributed by atoms with Gasteiger partial charge >= 0.3 is 0 Å². The lowest BCUT2D eigenvalue weighted by atomic mass is 10.1. The zero-order valence-electron chi connectivity index (χ0n) is 14.0. The second-order valence-electron chi connectivity index (χ2n) is 6.02. The number of amides is 2. The number of morpholine rings is 1. The molecule has 1 unspecified atom stereocenters. The van der Waals surface area contributed by atoms with Crippen LogP contribution < -0.4 is 10.2 Å². The second-order valence-corrected chi connectivity index (χ2v) is 6.46. The maximum Gasteiger partial charge on any atom is 0.253 e. The molecule has 1 aliphatic rings. The van der Waals surface area contributed by atoms with E-state index in [0.29, 0.717) is 17.3 Å². The Bertz CT molecular complexity index is 798. The Balaban J connectivity index is 1.54. The van der Waals surface area contributed by atoms with Crippen LogP contribution in [0.5, 0.6) is 0 Å². The van der Waals surface area contributed by atoms with Gasteiger partial charge in [0.05, 0.1) is 19.1 Å². The first-order valence-corrected chi connectivity index (χ1v) is 8.58. The van der Waals surface area contributed by atoms with E-state index in [1.165, 1.54) is 12.1 Å². The molecule has 1 aliphatic heterocycles. The van der Waals surface area contributed by atoms with Crippen LogP contribution in [0.25, 0.3) is 0 Å². The van der Waals surface area contributed by atoms with Gasteiger partial charge in [0, 0.05) is 17.3 Å². The second kappa shape index (κ2) is 8.29. The number of anilines is 1. The third-order valence-electron chi connectivity index (χ3n) is 4.05. The number of nitrogens with zero attached hydrogens (tertiary/aromatic N) is 1. The lowest BCUT2D eigenvalue weighted by Crippen LogP contribution is -2.50. The maximum absolute atomic E-state index is 12.9. The molecule has 1 heterocycles. The van der Waals surface area contributed by atoms with E-state index in [1.807, 2.05) is 0 Å². The smallest absolute Gasteiger partial charge is 0.253 e. The minimum absolute atomic E-state index is 0.0506. The highest BCUT2D eigenvalue weighted by Crippen LogP contribution is 2.22. The summed E-state index contributed by atoms with van der Waals surface area (Å²) < 4.78 is 18.4. The summed E-state index contributed by atoms with van der Waals surface area (Å²) in [7, 11) is 0. The van der Waals surface area contributed by atoms with Crippen molar-refractivity contribution in [1.82, 2.24) is 5.32 Å². The van der Waals surface area contributed by atoms with Crippen molar-refractivity contribution < 1.29 is 18.7 Å². The molecule has 1 saturated heterocycles. The normalized spacial score (nSPS) is 17.2. The summed E-state index contributed by atoms with van der Waals surface area (Å²) in [5, 5.41) is 3.34. The average Bonchev–Trinajstić information content (AvgIpc) is 2.63. The standard InChI is InChI=1S/C19H18ClFN2O3/c20-14-2-1-3-16(9-14)23-11-17(26-12-19(23)25)10-22-18(24)8-13-4-6-15(21)7-5-13/h1-7,9,17H,8,10-12H2,(H,22,24). The Morgan fingerprint density at radius 2 is 2.04 bits per heavy atom. The molecule has 0 aromatic heterocycles. The predicted octanol–water partition coefficient (Wildman–Crippen LogP) is 2.57. The fourth-order valence-corrected chi connectivity index (χ4v) is 2.90. The molecule has 26 heavy (non-hydrogen) atoms. The molecule has 0 radical (unpaired) electrons. The molecule has 0 bridgehead atoms. The molecule has 7 heteroatoms. The molecule has 0 aliphatic carbocycles. The van der Waals surface area contributed by atoms with Gasteiger partial charge in [0.25, 0.3) is 5.91 Å². The van der Waals surface area contributed by atoms with Crippen molar-refractivity contribution in [3.63, 3.8) is 0 Å². The van der Waals surface area contributed by atoms with E-state index in [4.69, 9.17) is 16.3 Å². The summed E-state index contributed by atoms with van der Waals surface area (Å²) in [6.45, 7) is 0.561. The first kappa shape index (κ1) is 18.4.